The lowest BCUT2D eigenvalue weighted by atomic mass is 10.1. The van der Waals surface area contributed by atoms with Crippen molar-refractivity contribution in [3.05, 3.63) is 29.3 Å². The summed E-state index contributed by atoms with van der Waals surface area (Å²) in [6, 6.07) is 7.76. The van der Waals surface area contributed by atoms with Gasteiger partial charge in [-0.15, -0.1) is 11.8 Å². The maximum Gasteiger partial charge on any atom is 0.409 e. The number of carbonyl (C=O) groups is 2. The number of ether oxygens (including phenoxy) is 1. The summed E-state index contributed by atoms with van der Waals surface area (Å²) in [5.41, 5.74) is 0. The number of carbonyl (C=O) groups excluding carboxylic acids is 2. The molecule has 1 aromatic rings. The smallest absolute Gasteiger partial charge is 0.409 e. The van der Waals surface area contributed by atoms with Gasteiger partial charge in [0.1, 0.15) is 0 Å². The summed E-state index contributed by atoms with van der Waals surface area (Å²) >= 11 is 7.68. The van der Waals surface area contributed by atoms with E-state index in [9.17, 15) is 9.59 Å². The Morgan fingerprint density at radius 3 is 2.71 bits per heavy atom. The SMILES string of the molecule is CCOC(=O)N1CCC(NC(=O)CCSc2ccccc2Cl)CC1. The second kappa shape index (κ2) is 9.79. The average Bonchev–Trinajstić information content (AvgIpc) is 2.57. The van der Waals surface area contributed by atoms with Gasteiger partial charge in [-0.1, -0.05) is 23.7 Å². The zero-order valence-corrected chi connectivity index (χ0v) is 15.4. The minimum atomic E-state index is -0.265. The van der Waals surface area contributed by atoms with E-state index in [1.807, 2.05) is 24.3 Å². The van der Waals surface area contributed by atoms with E-state index in [1.165, 1.54) is 0 Å². The highest BCUT2D eigenvalue weighted by molar-refractivity contribution is 7.99. The Bertz CT molecular complexity index is 563. The second-order valence-electron chi connectivity index (χ2n) is 5.56. The number of halogens is 1. The van der Waals surface area contributed by atoms with Crippen LogP contribution in [-0.4, -0.2) is 48.4 Å². The van der Waals surface area contributed by atoms with Crippen molar-refractivity contribution in [2.24, 2.45) is 0 Å². The molecular weight excluding hydrogens is 348 g/mol. The molecule has 1 aliphatic rings. The van der Waals surface area contributed by atoms with Crippen LogP contribution in [0.3, 0.4) is 0 Å². The maximum absolute atomic E-state index is 12.0. The molecule has 1 saturated heterocycles. The quantitative estimate of drug-likeness (QED) is 0.778. The molecule has 1 aromatic carbocycles. The van der Waals surface area contributed by atoms with Crippen molar-refractivity contribution in [3.63, 3.8) is 0 Å². The van der Waals surface area contributed by atoms with Gasteiger partial charge in [0.2, 0.25) is 5.91 Å². The Balaban J connectivity index is 1.65. The molecule has 1 heterocycles. The molecule has 0 saturated carbocycles. The summed E-state index contributed by atoms with van der Waals surface area (Å²) in [5.74, 6) is 0.737. The first-order valence-corrected chi connectivity index (χ1v) is 9.55. The number of benzene rings is 1. The fourth-order valence-electron chi connectivity index (χ4n) is 2.54. The van der Waals surface area contributed by atoms with Gasteiger partial charge in [0.25, 0.3) is 0 Å². The van der Waals surface area contributed by atoms with Gasteiger partial charge in [0.15, 0.2) is 0 Å². The van der Waals surface area contributed by atoms with Crippen molar-refractivity contribution in [1.29, 1.82) is 0 Å². The number of rotatable bonds is 6. The summed E-state index contributed by atoms with van der Waals surface area (Å²) in [4.78, 5) is 26.4. The highest BCUT2D eigenvalue weighted by Gasteiger charge is 2.24. The molecule has 1 fully saturated rings. The minimum absolute atomic E-state index is 0.0455. The third kappa shape index (κ3) is 5.91. The van der Waals surface area contributed by atoms with E-state index < -0.39 is 0 Å². The largest absolute Gasteiger partial charge is 0.450 e. The van der Waals surface area contributed by atoms with Crippen LogP contribution in [0.1, 0.15) is 26.2 Å². The predicted molar refractivity (Wildman–Crippen MR) is 96.6 cm³/mol. The standard InChI is InChI=1S/C17H23ClN2O3S/c1-2-23-17(22)20-10-7-13(8-11-20)19-16(21)9-12-24-15-6-4-3-5-14(15)18/h3-6,13H,2,7-12H2,1H3,(H,19,21). The summed E-state index contributed by atoms with van der Waals surface area (Å²) < 4.78 is 4.99. The number of nitrogens with zero attached hydrogens (tertiary/aromatic N) is 1. The number of hydrogen-bond donors (Lipinski definition) is 1. The fourth-order valence-corrected chi connectivity index (χ4v) is 3.72. The molecule has 0 bridgehead atoms. The molecule has 24 heavy (non-hydrogen) atoms. The van der Waals surface area contributed by atoms with E-state index >= 15 is 0 Å². The summed E-state index contributed by atoms with van der Waals surface area (Å²) in [5, 5.41) is 3.76. The van der Waals surface area contributed by atoms with E-state index in [2.05, 4.69) is 5.32 Å². The molecule has 0 aromatic heterocycles. The monoisotopic (exact) mass is 370 g/mol. The molecule has 1 aliphatic heterocycles. The molecule has 2 amide bonds. The van der Waals surface area contributed by atoms with Crippen molar-refractivity contribution >= 4 is 35.4 Å². The van der Waals surface area contributed by atoms with Gasteiger partial charge in [0.05, 0.1) is 11.6 Å². The first-order valence-electron chi connectivity index (χ1n) is 8.18. The zero-order valence-electron chi connectivity index (χ0n) is 13.8. The van der Waals surface area contributed by atoms with Gasteiger partial charge in [0, 0.05) is 36.2 Å². The van der Waals surface area contributed by atoms with Crippen LogP contribution in [0, 0.1) is 0 Å². The van der Waals surface area contributed by atoms with Crippen molar-refractivity contribution in [1.82, 2.24) is 10.2 Å². The Morgan fingerprint density at radius 1 is 1.33 bits per heavy atom. The number of piperidine rings is 1. The molecule has 0 spiro atoms. The number of thioether (sulfide) groups is 1. The topological polar surface area (TPSA) is 58.6 Å². The maximum atomic E-state index is 12.0. The van der Waals surface area contributed by atoms with Crippen LogP contribution < -0.4 is 5.32 Å². The molecule has 0 atom stereocenters. The van der Waals surface area contributed by atoms with E-state index in [4.69, 9.17) is 16.3 Å². The normalized spacial score (nSPS) is 15.2. The molecule has 2 rings (SSSR count). The number of likely N-dealkylation sites (tertiary alicyclic amines) is 1. The van der Waals surface area contributed by atoms with Gasteiger partial charge in [-0.05, 0) is 31.9 Å². The summed E-state index contributed by atoms with van der Waals surface area (Å²) in [6.07, 6.45) is 1.72. The lowest BCUT2D eigenvalue weighted by Gasteiger charge is -2.31. The number of nitrogens with one attached hydrogen (secondary N) is 1. The Kier molecular flexibility index (Phi) is 7.72. The molecular formula is C17H23ClN2O3S. The number of amides is 2. The fraction of sp³-hybridized carbons (Fsp3) is 0.529. The molecule has 1 N–H and O–H groups in total. The highest BCUT2D eigenvalue weighted by Crippen LogP contribution is 2.26. The van der Waals surface area contributed by atoms with Crippen LogP contribution in [-0.2, 0) is 9.53 Å². The van der Waals surface area contributed by atoms with Gasteiger partial charge in [-0.2, -0.15) is 0 Å². The van der Waals surface area contributed by atoms with E-state index in [1.54, 1.807) is 23.6 Å². The van der Waals surface area contributed by atoms with E-state index in [0.717, 1.165) is 17.7 Å². The first-order chi connectivity index (χ1) is 11.6. The van der Waals surface area contributed by atoms with Crippen LogP contribution >= 0.6 is 23.4 Å². The van der Waals surface area contributed by atoms with Crippen molar-refractivity contribution in [3.8, 4) is 0 Å². The molecule has 0 radical (unpaired) electrons. The van der Waals surface area contributed by atoms with Gasteiger partial charge in [-0.25, -0.2) is 4.79 Å². The highest BCUT2D eigenvalue weighted by atomic mass is 35.5. The minimum Gasteiger partial charge on any atom is -0.450 e. The predicted octanol–water partition coefficient (Wildman–Crippen LogP) is 3.56. The Hall–Kier alpha value is -1.40. The van der Waals surface area contributed by atoms with E-state index in [0.29, 0.717) is 36.9 Å². The second-order valence-corrected chi connectivity index (χ2v) is 7.10. The third-order valence-corrected chi connectivity index (χ3v) is 5.33. The van der Waals surface area contributed by atoms with Crippen molar-refractivity contribution < 1.29 is 14.3 Å². The summed E-state index contributed by atoms with van der Waals surface area (Å²) in [7, 11) is 0. The van der Waals surface area contributed by atoms with Gasteiger partial charge >= 0.3 is 6.09 Å². The Morgan fingerprint density at radius 2 is 2.04 bits per heavy atom. The Labute approximate surface area is 152 Å². The average molecular weight is 371 g/mol. The van der Waals surface area contributed by atoms with Crippen LogP contribution in [0.4, 0.5) is 4.79 Å². The van der Waals surface area contributed by atoms with Crippen molar-refractivity contribution in [2.75, 3.05) is 25.4 Å². The van der Waals surface area contributed by atoms with Gasteiger partial charge < -0.3 is 15.0 Å². The molecule has 132 valence electrons. The lowest BCUT2D eigenvalue weighted by Crippen LogP contribution is -2.46. The lowest BCUT2D eigenvalue weighted by molar-refractivity contribution is -0.121. The molecule has 0 unspecified atom stereocenters. The zero-order chi connectivity index (χ0) is 17.4. The van der Waals surface area contributed by atoms with Crippen LogP contribution in [0.5, 0.6) is 0 Å². The third-order valence-electron chi connectivity index (χ3n) is 3.81. The first kappa shape index (κ1) is 18.9. The van der Waals surface area contributed by atoms with Crippen LogP contribution in [0.25, 0.3) is 0 Å². The number of hydrogen-bond acceptors (Lipinski definition) is 4. The summed E-state index contributed by atoms with van der Waals surface area (Å²) in [6.45, 7) is 3.43. The molecule has 5 nitrogen and oxygen atoms in total. The van der Waals surface area contributed by atoms with Crippen LogP contribution in [0.15, 0.2) is 29.2 Å². The molecule has 7 heteroatoms. The molecule has 0 aliphatic carbocycles. The van der Waals surface area contributed by atoms with Crippen LogP contribution in [0.2, 0.25) is 5.02 Å². The van der Waals surface area contributed by atoms with Gasteiger partial charge in [-0.3, -0.25) is 4.79 Å². The van der Waals surface area contributed by atoms with E-state index in [-0.39, 0.29) is 18.0 Å². The van der Waals surface area contributed by atoms with Crippen molar-refractivity contribution in [2.45, 2.75) is 37.1 Å².